The van der Waals surface area contributed by atoms with Gasteiger partial charge in [0.05, 0.1) is 5.56 Å². The minimum Gasteiger partial charge on any atom is -0.350 e. The Morgan fingerprint density at radius 2 is 1.67 bits per heavy atom. The number of halogens is 3. The first-order valence-electron chi connectivity index (χ1n) is 7.54. The zero-order valence-corrected chi connectivity index (χ0v) is 11.7. The molecule has 0 N–H and O–H groups in total. The number of pyridine rings is 1. The van der Waals surface area contributed by atoms with Crippen molar-refractivity contribution in [1.82, 2.24) is 4.98 Å². The zero-order valence-electron chi connectivity index (χ0n) is 11.7. The van der Waals surface area contributed by atoms with Crippen molar-refractivity contribution in [1.29, 1.82) is 0 Å². The molecule has 5 heteroatoms. The minimum atomic E-state index is -4.31. The molecule has 0 amide bonds. The van der Waals surface area contributed by atoms with Crippen molar-refractivity contribution >= 4 is 5.82 Å². The largest absolute Gasteiger partial charge is 0.417 e. The monoisotopic (exact) mass is 294 g/mol. The van der Waals surface area contributed by atoms with E-state index >= 15 is 0 Å². The van der Waals surface area contributed by atoms with E-state index in [0.29, 0.717) is 17.9 Å². The summed E-state index contributed by atoms with van der Waals surface area (Å²) in [4.78, 5) is 6.34. The predicted molar refractivity (Wildman–Crippen MR) is 74.0 cm³/mol. The third kappa shape index (κ3) is 2.32. The van der Waals surface area contributed by atoms with E-state index in [1.165, 1.54) is 18.9 Å². The molecule has 3 heterocycles. The van der Waals surface area contributed by atoms with E-state index in [2.05, 4.69) is 9.88 Å². The average molecular weight is 294 g/mol. The summed E-state index contributed by atoms with van der Waals surface area (Å²) in [6.45, 7) is 0. The number of aromatic nitrogens is 1. The fourth-order valence-corrected chi connectivity index (χ4v) is 3.80. The van der Waals surface area contributed by atoms with Gasteiger partial charge in [-0.3, -0.25) is 0 Å². The van der Waals surface area contributed by atoms with Crippen LogP contribution in [0, 0.1) is 0 Å². The molecule has 2 bridgehead atoms. The molecule has 112 valence electrons. The van der Waals surface area contributed by atoms with Crippen molar-refractivity contribution in [2.24, 2.45) is 0 Å². The number of allylic oxidation sites excluding steroid dienone is 1. The summed E-state index contributed by atoms with van der Waals surface area (Å²) in [5.41, 5.74) is 2.58. The van der Waals surface area contributed by atoms with E-state index in [1.807, 2.05) is 0 Å². The molecule has 3 fully saturated rings. The fourth-order valence-electron chi connectivity index (χ4n) is 3.80. The summed E-state index contributed by atoms with van der Waals surface area (Å²) < 4.78 is 37.8. The molecule has 2 aliphatic heterocycles. The second-order valence-electron chi connectivity index (χ2n) is 6.31. The zero-order chi connectivity index (χ0) is 14.6. The minimum absolute atomic E-state index is 0.427. The van der Waals surface area contributed by atoms with Gasteiger partial charge in [0.1, 0.15) is 5.82 Å². The Morgan fingerprint density at radius 3 is 2.14 bits per heavy atom. The van der Waals surface area contributed by atoms with Crippen LogP contribution in [-0.2, 0) is 6.18 Å². The summed E-state index contributed by atoms with van der Waals surface area (Å²) >= 11 is 0. The highest BCUT2D eigenvalue weighted by molar-refractivity contribution is 5.47. The van der Waals surface area contributed by atoms with Crippen molar-refractivity contribution in [3.8, 4) is 0 Å². The van der Waals surface area contributed by atoms with Gasteiger partial charge in [0.15, 0.2) is 0 Å². The maximum Gasteiger partial charge on any atom is 0.417 e. The van der Waals surface area contributed by atoms with E-state index in [4.69, 9.17) is 0 Å². The topological polar surface area (TPSA) is 16.1 Å². The van der Waals surface area contributed by atoms with Crippen LogP contribution in [0.5, 0.6) is 0 Å². The Bertz CT molecular complexity index is 567. The van der Waals surface area contributed by atoms with Crippen LogP contribution in [-0.4, -0.2) is 17.1 Å². The molecule has 2 unspecified atom stereocenters. The predicted octanol–water partition coefficient (Wildman–Crippen LogP) is 4.32. The van der Waals surface area contributed by atoms with E-state index in [9.17, 15) is 13.2 Å². The lowest BCUT2D eigenvalue weighted by Gasteiger charge is -2.37. The van der Waals surface area contributed by atoms with Gasteiger partial charge in [-0.25, -0.2) is 4.98 Å². The normalized spacial score (nSPS) is 28.2. The average Bonchev–Trinajstić information content (AvgIpc) is 3.24. The number of rotatable bonds is 1. The van der Waals surface area contributed by atoms with Crippen LogP contribution in [0.1, 0.15) is 44.1 Å². The number of anilines is 1. The van der Waals surface area contributed by atoms with E-state index in [0.717, 1.165) is 37.9 Å². The lowest BCUT2D eigenvalue weighted by Crippen LogP contribution is -2.41. The third-order valence-corrected chi connectivity index (χ3v) is 4.92. The van der Waals surface area contributed by atoms with Gasteiger partial charge in [0, 0.05) is 18.3 Å². The van der Waals surface area contributed by atoms with E-state index in [1.54, 1.807) is 11.1 Å². The highest BCUT2D eigenvalue weighted by Crippen LogP contribution is 2.46. The van der Waals surface area contributed by atoms with Crippen molar-refractivity contribution in [3.63, 3.8) is 0 Å². The van der Waals surface area contributed by atoms with Gasteiger partial charge < -0.3 is 4.90 Å². The van der Waals surface area contributed by atoms with Gasteiger partial charge in [0.25, 0.3) is 0 Å². The maximum absolute atomic E-state index is 12.6. The van der Waals surface area contributed by atoms with Gasteiger partial charge in [-0.15, -0.1) is 0 Å². The molecule has 4 rings (SSSR count). The Morgan fingerprint density at radius 1 is 1.00 bits per heavy atom. The number of hydrogen-bond donors (Lipinski definition) is 0. The Kier molecular flexibility index (Phi) is 2.81. The number of fused-ring (bicyclic) bond motifs is 2. The van der Waals surface area contributed by atoms with Crippen LogP contribution in [0.3, 0.4) is 0 Å². The van der Waals surface area contributed by atoms with Crippen molar-refractivity contribution < 1.29 is 13.2 Å². The Labute approximate surface area is 121 Å². The van der Waals surface area contributed by atoms with Crippen LogP contribution >= 0.6 is 0 Å². The quantitative estimate of drug-likeness (QED) is 0.717. The summed E-state index contributed by atoms with van der Waals surface area (Å²) in [7, 11) is 0. The molecule has 0 radical (unpaired) electrons. The smallest absolute Gasteiger partial charge is 0.350 e. The maximum atomic E-state index is 12.6. The summed E-state index contributed by atoms with van der Waals surface area (Å²) in [6, 6.07) is 3.53. The second kappa shape index (κ2) is 4.49. The summed E-state index contributed by atoms with van der Waals surface area (Å²) in [5.74, 6) is 0.704. The van der Waals surface area contributed by atoms with Crippen LogP contribution in [0.15, 0.2) is 29.5 Å². The molecule has 1 aromatic heterocycles. The molecule has 0 spiro atoms. The lowest BCUT2D eigenvalue weighted by molar-refractivity contribution is -0.137. The molecular weight excluding hydrogens is 277 g/mol. The molecule has 1 aromatic rings. The second-order valence-corrected chi connectivity index (χ2v) is 6.31. The van der Waals surface area contributed by atoms with Gasteiger partial charge in [-0.1, -0.05) is 11.1 Å². The first-order chi connectivity index (χ1) is 10.0. The van der Waals surface area contributed by atoms with Crippen molar-refractivity contribution in [3.05, 3.63) is 35.0 Å². The molecular formula is C16H17F3N2. The lowest BCUT2D eigenvalue weighted by atomic mass is 9.95. The molecule has 1 aliphatic carbocycles. The van der Waals surface area contributed by atoms with Gasteiger partial charge in [-0.2, -0.15) is 13.2 Å². The van der Waals surface area contributed by atoms with E-state index < -0.39 is 11.7 Å². The molecule has 2 atom stereocenters. The van der Waals surface area contributed by atoms with Crippen molar-refractivity contribution in [2.75, 3.05) is 4.90 Å². The Balaban J connectivity index is 1.58. The Hall–Kier alpha value is -1.52. The van der Waals surface area contributed by atoms with Crippen LogP contribution in [0.4, 0.5) is 19.0 Å². The fraction of sp³-hybridized carbons (Fsp3) is 0.562. The molecule has 2 saturated heterocycles. The van der Waals surface area contributed by atoms with Gasteiger partial charge in [0.2, 0.25) is 0 Å². The number of hydrogen-bond acceptors (Lipinski definition) is 2. The molecule has 21 heavy (non-hydrogen) atoms. The molecule has 2 nitrogen and oxygen atoms in total. The van der Waals surface area contributed by atoms with Gasteiger partial charge in [-0.05, 0) is 50.7 Å². The SMILES string of the molecule is FC(F)(F)c1ccc(N2C3CCC2CC(=C2CC2)C3)nc1. The molecule has 0 aromatic carbocycles. The van der Waals surface area contributed by atoms with E-state index in [-0.39, 0.29) is 0 Å². The first-order valence-corrected chi connectivity index (χ1v) is 7.54. The number of alkyl halides is 3. The van der Waals surface area contributed by atoms with Crippen molar-refractivity contribution in [2.45, 2.75) is 56.8 Å². The molecule has 1 saturated carbocycles. The van der Waals surface area contributed by atoms with Crippen LogP contribution in [0.2, 0.25) is 0 Å². The van der Waals surface area contributed by atoms with Crippen LogP contribution in [0.25, 0.3) is 0 Å². The highest BCUT2D eigenvalue weighted by atomic mass is 19.4. The standard InChI is InChI=1S/C16H17F3N2/c17-16(18,19)12-3-6-15(20-9-12)21-13-4-5-14(21)8-11(7-13)10-1-2-10/h3,6,9,13-14H,1-2,4-5,7-8H2. The number of piperidine rings is 1. The highest BCUT2D eigenvalue weighted by Gasteiger charge is 2.41. The summed E-state index contributed by atoms with van der Waals surface area (Å²) in [5, 5.41) is 0. The molecule has 3 aliphatic rings. The summed E-state index contributed by atoms with van der Waals surface area (Å²) in [6.07, 6.45) is 3.58. The third-order valence-electron chi connectivity index (χ3n) is 4.92. The first kappa shape index (κ1) is 13.2. The van der Waals surface area contributed by atoms with Gasteiger partial charge >= 0.3 is 6.18 Å². The van der Waals surface area contributed by atoms with Crippen LogP contribution < -0.4 is 4.90 Å². The number of nitrogens with zero attached hydrogens (tertiary/aromatic N) is 2.